The second-order valence-electron chi connectivity index (χ2n) is 13.3. The Morgan fingerprint density at radius 3 is 2.13 bits per heavy atom. The van der Waals surface area contributed by atoms with Gasteiger partial charge in [-0.2, -0.15) is 0 Å². The predicted octanol–water partition coefficient (Wildman–Crippen LogP) is 7.84. The molecular formula is C38H51N3O4. The lowest BCUT2D eigenvalue weighted by Crippen LogP contribution is -2.42. The van der Waals surface area contributed by atoms with Crippen LogP contribution < -0.4 is 20.3 Å². The molecule has 3 aromatic rings. The van der Waals surface area contributed by atoms with Gasteiger partial charge in [-0.05, 0) is 84.3 Å². The third-order valence-corrected chi connectivity index (χ3v) is 8.59. The van der Waals surface area contributed by atoms with E-state index in [0.717, 1.165) is 61.5 Å². The Bertz CT molecular complexity index is 1340. The van der Waals surface area contributed by atoms with Gasteiger partial charge in [-0.3, -0.25) is 4.79 Å². The molecule has 7 heteroatoms. The molecule has 1 atom stereocenters. The highest BCUT2D eigenvalue weighted by Gasteiger charge is 2.23. The van der Waals surface area contributed by atoms with Gasteiger partial charge in [0.1, 0.15) is 11.8 Å². The third kappa shape index (κ3) is 10.5. The van der Waals surface area contributed by atoms with Crippen LogP contribution in [0.5, 0.6) is 5.75 Å². The summed E-state index contributed by atoms with van der Waals surface area (Å²) < 4.78 is 5.93. The van der Waals surface area contributed by atoms with Gasteiger partial charge in [-0.25, -0.2) is 4.79 Å². The van der Waals surface area contributed by atoms with Crippen molar-refractivity contribution in [1.29, 1.82) is 0 Å². The zero-order valence-corrected chi connectivity index (χ0v) is 27.5. The summed E-state index contributed by atoms with van der Waals surface area (Å²) >= 11 is 0. The number of nitrogens with zero attached hydrogens (tertiary/aromatic N) is 1. The topological polar surface area (TPSA) is 90.9 Å². The Balaban J connectivity index is 1.21. The molecule has 1 fully saturated rings. The number of rotatable bonds is 15. The minimum Gasteiger partial charge on any atom is -0.494 e. The predicted molar refractivity (Wildman–Crippen MR) is 184 cm³/mol. The zero-order valence-electron chi connectivity index (χ0n) is 27.5. The Labute approximate surface area is 269 Å². The van der Waals surface area contributed by atoms with E-state index < -0.39 is 12.0 Å². The molecule has 1 heterocycles. The molecule has 0 unspecified atom stereocenters. The van der Waals surface area contributed by atoms with E-state index in [0.29, 0.717) is 11.6 Å². The summed E-state index contributed by atoms with van der Waals surface area (Å²) in [6, 6.07) is 23.1. The fraction of sp³-hybridized carbons (Fsp3) is 0.474. The average Bonchev–Trinajstić information content (AvgIpc) is 3.03. The summed E-state index contributed by atoms with van der Waals surface area (Å²) in [5.41, 5.74) is 4.65. The van der Waals surface area contributed by atoms with Crippen molar-refractivity contribution >= 4 is 23.3 Å². The maximum absolute atomic E-state index is 12.8. The number of benzene rings is 3. The zero-order chi connectivity index (χ0) is 32.2. The number of unbranched alkanes of at least 4 members (excludes halogenated alkanes) is 4. The molecule has 1 aliphatic heterocycles. The summed E-state index contributed by atoms with van der Waals surface area (Å²) in [4.78, 5) is 27.2. The standard InChI is InChI=1S/C38H51N3O4/c1-5-6-7-8-9-26-45-34-20-18-33(19-21-34)41-24-22-32(23-25-41)39-31-16-10-28(11-17-31)27-35(37(43)44)40-36(42)29-12-14-30(15-13-29)38(2,3)4/h10-21,32,35,39H,5-9,22-27H2,1-4H3,(H,40,42)(H,43,44)/t35-/m0/s1. The van der Waals surface area contributed by atoms with E-state index in [9.17, 15) is 14.7 Å². The molecule has 7 nitrogen and oxygen atoms in total. The number of hydrogen-bond donors (Lipinski definition) is 3. The SMILES string of the molecule is CCCCCCCOc1ccc(N2CCC(Nc3ccc(C[C@H](NC(=O)c4ccc(C(C)(C)C)cc4)C(=O)O)cc3)CC2)cc1. The number of aliphatic carboxylic acids is 1. The van der Waals surface area contributed by atoms with Crippen LogP contribution in [0, 0.1) is 0 Å². The van der Waals surface area contributed by atoms with Gasteiger partial charge in [-0.15, -0.1) is 0 Å². The molecule has 45 heavy (non-hydrogen) atoms. The number of nitrogens with one attached hydrogen (secondary N) is 2. The van der Waals surface area contributed by atoms with Crippen molar-refractivity contribution in [3.8, 4) is 5.75 Å². The maximum Gasteiger partial charge on any atom is 0.326 e. The van der Waals surface area contributed by atoms with Crippen LogP contribution in [0.4, 0.5) is 11.4 Å². The van der Waals surface area contributed by atoms with Crippen LogP contribution in [0.15, 0.2) is 72.8 Å². The van der Waals surface area contributed by atoms with Crippen LogP contribution in [0.2, 0.25) is 0 Å². The number of piperidine rings is 1. The van der Waals surface area contributed by atoms with Gasteiger partial charge < -0.3 is 25.4 Å². The number of hydrogen-bond acceptors (Lipinski definition) is 5. The van der Waals surface area contributed by atoms with Crippen molar-refractivity contribution < 1.29 is 19.4 Å². The molecule has 0 bridgehead atoms. The van der Waals surface area contributed by atoms with E-state index in [2.05, 4.69) is 67.5 Å². The van der Waals surface area contributed by atoms with Gasteiger partial charge in [0.15, 0.2) is 0 Å². The molecule has 0 aliphatic carbocycles. The molecular weight excluding hydrogens is 562 g/mol. The fourth-order valence-electron chi connectivity index (χ4n) is 5.70. The van der Waals surface area contributed by atoms with Crippen molar-refractivity contribution in [2.24, 2.45) is 0 Å². The van der Waals surface area contributed by atoms with E-state index in [-0.39, 0.29) is 17.7 Å². The van der Waals surface area contributed by atoms with E-state index in [4.69, 9.17) is 4.74 Å². The Morgan fingerprint density at radius 2 is 1.53 bits per heavy atom. The minimum absolute atomic E-state index is 0.0213. The largest absolute Gasteiger partial charge is 0.494 e. The first-order valence-corrected chi connectivity index (χ1v) is 16.6. The molecule has 3 N–H and O–H groups in total. The lowest BCUT2D eigenvalue weighted by Gasteiger charge is -2.34. The lowest BCUT2D eigenvalue weighted by molar-refractivity contribution is -0.139. The Hall–Kier alpha value is -4.00. The van der Waals surface area contributed by atoms with Gasteiger partial charge in [-0.1, -0.05) is 77.6 Å². The quantitative estimate of drug-likeness (QED) is 0.151. The summed E-state index contributed by atoms with van der Waals surface area (Å²) in [5, 5.41) is 16.1. The first-order chi connectivity index (χ1) is 21.6. The first kappa shape index (κ1) is 33.9. The summed E-state index contributed by atoms with van der Waals surface area (Å²) in [6.07, 6.45) is 8.47. The van der Waals surface area contributed by atoms with Crippen LogP contribution in [-0.2, 0) is 16.6 Å². The Kier molecular flexibility index (Phi) is 12.3. The van der Waals surface area contributed by atoms with Gasteiger partial charge in [0.2, 0.25) is 0 Å². The molecule has 1 amide bonds. The van der Waals surface area contributed by atoms with Crippen molar-refractivity contribution in [3.05, 3.63) is 89.5 Å². The van der Waals surface area contributed by atoms with Gasteiger partial charge in [0, 0.05) is 42.5 Å². The molecule has 0 radical (unpaired) electrons. The average molecular weight is 614 g/mol. The van der Waals surface area contributed by atoms with Crippen LogP contribution in [0.25, 0.3) is 0 Å². The van der Waals surface area contributed by atoms with Crippen LogP contribution in [-0.4, -0.2) is 48.8 Å². The Morgan fingerprint density at radius 1 is 0.889 bits per heavy atom. The number of carbonyl (C=O) groups excluding carboxylic acids is 1. The van der Waals surface area contributed by atoms with Crippen LogP contribution in [0.3, 0.4) is 0 Å². The molecule has 3 aromatic carbocycles. The monoisotopic (exact) mass is 613 g/mol. The van der Waals surface area contributed by atoms with E-state index in [1.54, 1.807) is 12.1 Å². The van der Waals surface area contributed by atoms with Crippen molar-refractivity contribution in [1.82, 2.24) is 5.32 Å². The van der Waals surface area contributed by atoms with Gasteiger partial charge in [0.05, 0.1) is 6.61 Å². The molecule has 242 valence electrons. The molecule has 0 aromatic heterocycles. The number of anilines is 2. The van der Waals surface area contributed by atoms with E-state index >= 15 is 0 Å². The summed E-state index contributed by atoms with van der Waals surface area (Å²) in [7, 11) is 0. The molecule has 1 saturated heterocycles. The number of carboxylic acids is 1. The number of amides is 1. The maximum atomic E-state index is 12.8. The number of carbonyl (C=O) groups is 2. The first-order valence-electron chi connectivity index (χ1n) is 16.6. The minimum atomic E-state index is -1.05. The highest BCUT2D eigenvalue weighted by molar-refractivity contribution is 5.96. The molecule has 0 saturated carbocycles. The number of ether oxygens (including phenoxy) is 1. The van der Waals surface area contributed by atoms with Crippen LogP contribution >= 0.6 is 0 Å². The molecule has 0 spiro atoms. The van der Waals surface area contributed by atoms with E-state index in [1.807, 2.05) is 36.4 Å². The third-order valence-electron chi connectivity index (χ3n) is 8.59. The van der Waals surface area contributed by atoms with Gasteiger partial charge in [0.25, 0.3) is 5.91 Å². The molecule has 4 rings (SSSR count). The second kappa shape index (κ2) is 16.4. The smallest absolute Gasteiger partial charge is 0.326 e. The van der Waals surface area contributed by atoms with Crippen LogP contribution in [0.1, 0.15) is 94.1 Å². The fourth-order valence-corrected chi connectivity index (χ4v) is 5.70. The van der Waals surface area contributed by atoms with Crippen molar-refractivity contribution in [2.45, 2.75) is 96.6 Å². The second-order valence-corrected chi connectivity index (χ2v) is 13.3. The van der Waals surface area contributed by atoms with E-state index in [1.165, 1.54) is 31.4 Å². The number of carboxylic acid groups (broad SMARTS) is 1. The normalized spacial score (nSPS) is 14.5. The summed E-state index contributed by atoms with van der Waals surface area (Å²) in [5.74, 6) is -0.495. The summed E-state index contributed by atoms with van der Waals surface area (Å²) in [6.45, 7) is 11.3. The van der Waals surface area contributed by atoms with Gasteiger partial charge >= 0.3 is 5.97 Å². The lowest BCUT2D eigenvalue weighted by atomic mass is 9.86. The highest BCUT2D eigenvalue weighted by Crippen LogP contribution is 2.25. The van der Waals surface area contributed by atoms with Crippen molar-refractivity contribution in [3.63, 3.8) is 0 Å². The molecule has 1 aliphatic rings. The van der Waals surface area contributed by atoms with Crippen molar-refractivity contribution in [2.75, 3.05) is 29.9 Å². The highest BCUT2D eigenvalue weighted by atomic mass is 16.5.